The van der Waals surface area contributed by atoms with E-state index in [1.807, 2.05) is 0 Å². The van der Waals surface area contributed by atoms with Crippen molar-refractivity contribution in [3.63, 3.8) is 0 Å². The summed E-state index contributed by atoms with van der Waals surface area (Å²) in [5, 5.41) is 2.96. The summed E-state index contributed by atoms with van der Waals surface area (Å²) in [6, 6.07) is 5.87. The zero-order valence-corrected chi connectivity index (χ0v) is 16.1. The number of likely N-dealkylation sites (tertiary alicyclic amines) is 1. The van der Waals surface area contributed by atoms with Crippen molar-refractivity contribution in [3.05, 3.63) is 36.0 Å². The quantitative estimate of drug-likeness (QED) is 0.781. The molecule has 1 atom stereocenters. The van der Waals surface area contributed by atoms with Crippen LogP contribution < -0.4 is 19.5 Å². The Bertz CT molecular complexity index is 835. The molecule has 3 heterocycles. The van der Waals surface area contributed by atoms with Crippen LogP contribution in [0.4, 0.5) is 0 Å². The summed E-state index contributed by atoms with van der Waals surface area (Å²) in [6.07, 6.45) is 2.47. The predicted octanol–water partition coefficient (Wildman–Crippen LogP) is 2.44. The minimum atomic E-state index is -0.221. The molecule has 0 radical (unpaired) electrons. The molecule has 150 valence electrons. The van der Waals surface area contributed by atoms with Crippen LogP contribution in [0.1, 0.15) is 36.6 Å². The molecule has 0 saturated carbocycles. The van der Waals surface area contributed by atoms with Crippen LogP contribution >= 0.6 is 0 Å². The summed E-state index contributed by atoms with van der Waals surface area (Å²) in [4.78, 5) is 19.0. The van der Waals surface area contributed by atoms with Gasteiger partial charge in [-0.05, 0) is 44.9 Å². The molecule has 1 N–H and O–H groups in total. The Morgan fingerprint density at radius 3 is 3.04 bits per heavy atom. The number of nitrogens with zero attached hydrogens (tertiary/aromatic N) is 2. The van der Waals surface area contributed by atoms with E-state index in [1.54, 1.807) is 18.2 Å². The van der Waals surface area contributed by atoms with Crippen LogP contribution in [-0.2, 0) is 6.61 Å². The zero-order valence-electron chi connectivity index (χ0n) is 16.1. The third-order valence-corrected chi connectivity index (χ3v) is 5.09. The Balaban J connectivity index is 1.25. The van der Waals surface area contributed by atoms with Crippen molar-refractivity contribution in [2.75, 3.05) is 26.4 Å². The van der Waals surface area contributed by atoms with Crippen molar-refractivity contribution >= 4 is 5.91 Å². The number of carbonyl (C=O) groups excluding carboxylic acids is 1. The van der Waals surface area contributed by atoms with Crippen LogP contribution in [0.25, 0.3) is 0 Å². The Morgan fingerprint density at radius 2 is 2.21 bits per heavy atom. The lowest BCUT2D eigenvalue weighted by Gasteiger charge is -2.20. The monoisotopic (exact) mass is 387 g/mol. The van der Waals surface area contributed by atoms with E-state index in [9.17, 15) is 4.79 Å². The summed E-state index contributed by atoms with van der Waals surface area (Å²) in [5.74, 6) is 2.56. The number of benzene rings is 1. The van der Waals surface area contributed by atoms with E-state index >= 15 is 0 Å². The Hall–Kier alpha value is -2.74. The fourth-order valence-electron chi connectivity index (χ4n) is 3.42. The lowest BCUT2D eigenvalue weighted by molar-refractivity contribution is 0.0942. The summed E-state index contributed by atoms with van der Waals surface area (Å²) < 4.78 is 21.6. The summed E-state index contributed by atoms with van der Waals surface area (Å²) in [6.45, 7) is 7.49. The van der Waals surface area contributed by atoms with Crippen LogP contribution in [0.3, 0.4) is 0 Å². The molecule has 0 aliphatic carbocycles. The van der Waals surface area contributed by atoms with E-state index < -0.39 is 0 Å². The third kappa shape index (κ3) is 4.22. The van der Waals surface area contributed by atoms with Gasteiger partial charge in [0.25, 0.3) is 5.91 Å². The van der Waals surface area contributed by atoms with E-state index in [0.717, 1.165) is 19.5 Å². The molecular formula is C20H25N3O5. The highest BCUT2D eigenvalue weighted by Gasteiger charge is 2.25. The number of carbonyl (C=O) groups is 1. The maximum absolute atomic E-state index is 12.3. The van der Waals surface area contributed by atoms with E-state index in [2.05, 4.69) is 29.0 Å². The first kappa shape index (κ1) is 18.6. The van der Waals surface area contributed by atoms with Gasteiger partial charge in [0, 0.05) is 25.2 Å². The van der Waals surface area contributed by atoms with E-state index in [4.69, 9.17) is 18.6 Å². The number of hydrogen-bond acceptors (Lipinski definition) is 7. The van der Waals surface area contributed by atoms with Gasteiger partial charge in [0.2, 0.25) is 12.7 Å². The van der Waals surface area contributed by atoms with Gasteiger partial charge >= 0.3 is 0 Å². The van der Waals surface area contributed by atoms with Crippen molar-refractivity contribution in [1.29, 1.82) is 0 Å². The van der Waals surface area contributed by atoms with Gasteiger partial charge in [-0.25, -0.2) is 4.98 Å². The molecule has 0 bridgehead atoms. The Kier molecular flexibility index (Phi) is 5.38. The summed E-state index contributed by atoms with van der Waals surface area (Å²) in [7, 11) is 0. The van der Waals surface area contributed by atoms with E-state index in [1.165, 1.54) is 6.26 Å². The third-order valence-electron chi connectivity index (χ3n) is 5.09. The number of fused-ring (bicyclic) bond motifs is 1. The molecule has 1 saturated heterocycles. The molecule has 1 fully saturated rings. The fraction of sp³-hybridized carbons (Fsp3) is 0.500. The summed E-state index contributed by atoms with van der Waals surface area (Å²) >= 11 is 0. The minimum absolute atomic E-state index is 0.124. The lowest BCUT2D eigenvalue weighted by Crippen LogP contribution is -2.33. The van der Waals surface area contributed by atoms with Crippen molar-refractivity contribution in [1.82, 2.24) is 15.2 Å². The van der Waals surface area contributed by atoms with Gasteiger partial charge in [-0.1, -0.05) is 0 Å². The van der Waals surface area contributed by atoms with Gasteiger partial charge < -0.3 is 28.8 Å². The highest BCUT2D eigenvalue weighted by molar-refractivity contribution is 5.91. The standard InChI is InChI=1S/C20H25N3O5/c1-13(2)23-6-5-14(9-23)8-21-20(24)16-10-26-19(22-16)11-25-15-3-4-17-18(7-15)28-12-27-17/h3-4,7,10,13-14H,5-6,8-9,11-12H2,1-2H3,(H,21,24)/t14-/m0/s1. The molecule has 2 aliphatic heterocycles. The molecule has 0 spiro atoms. The highest BCUT2D eigenvalue weighted by Crippen LogP contribution is 2.35. The normalized spacial score (nSPS) is 18.6. The predicted molar refractivity (Wildman–Crippen MR) is 101 cm³/mol. The van der Waals surface area contributed by atoms with Gasteiger partial charge in [-0.15, -0.1) is 0 Å². The van der Waals surface area contributed by atoms with Crippen LogP contribution in [0.5, 0.6) is 17.2 Å². The Morgan fingerprint density at radius 1 is 1.36 bits per heavy atom. The van der Waals surface area contributed by atoms with Crippen LogP contribution in [0.2, 0.25) is 0 Å². The molecule has 2 aromatic rings. The van der Waals surface area contributed by atoms with Crippen molar-refractivity contribution in [2.24, 2.45) is 5.92 Å². The Labute approximate surface area is 163 Å². The topological polar surface area (TPSA) is 86.1 Å². The number of aromatic nitrogens is 1. The van der Waals surface area contributed by atoms with Gasteiger partial charge in [0.15, 0.2) is 23.8 Å². The number of oxazole rings is 1. The fourth-order valence-corrected chi connectivity index (χ4v) is 3.42. The number of amides is 1. The number of ether oxygens (including phenoxy) is 3. The second kappa shape index (κ2) is 8.10. The first-order chi connectivity index (χ1) is 13.6. The smallest absolute Gasteiger partial charge is 0.273 e. The number of hydrogen-bond donors (Lipinski definition) is 1. The van der Waals surface area contributed by atoms with Crippen LogP contribution in [0.15, 0.2) is 28.9 Å². The lowest BCUT2D eigenvalue weighted by atomic mass is 10.1. The summed E-state index contributed by atoms with van der Waals surface area (Å²) in [5.41, 5.74) is 0.267. The number of rotatable bonds is 7. The minimum Gasteiger partial charge on any atom is -0.484 e. The maximum atomic E-state index is 12.3. The molecular weight excluding hydrogens is 362 g/mol. The average molecular weight is 387 g/mol. The molecule has 8 heteroatoms. The van der Waals surface area contributed by atoms with Crippen molar-refractivity contribution < 1.29 is 23.4 Å². The second-order valence-corrected chi connectivity index (χ2v) is 7.38. The van der Waals surface area contributed by atoms with Gasteiger partial charge in [0.1, 0.15) is 12.0 Å². The van der Waals surface area contributed by atoms with Crippen LogP contribution in [-0.4, -0.2) is 48.3 Å². The average Bonchev–Trinajstić information content (AvgIpc) is 3.44. The van der Waals surface area contributed by atoms with Crippen molar-refractivity contribution in [2.45, 2.75) is 32.9 Å². The zero-order chi connectivity index (χ0) is 19.5. The molecule has 8 nitrogen and oxygen atoms in total. The molecule has 2 aliphatic rings. The largest absolute Gasteiger partial charge is 0.484 e. The van der Waals surface area contributed by atoms with Gasteiger partial charge in [-0.2, -0.15) is 0 Å². The SMILES string of the molecule is CC(C)N1CC[C@@H](CNC(=O)c2coc(COc3ccc4c(c3)OCO4)n2)C1. The highest BCUT2D eigenvalue weighted by atomic mass is 16.7. The molecule has 1 aromatic heterocycles. The van der Waals surface area contributed by atoms with Gasteiger partial charge in [0.05, 0.1) is 0 Å². The van der Waals surface area contributed by atoms with E-state index in [-0.39, 0.29) is 25.0 Å². The first-order valence-electron chi connectivity index (χ1n) is 9.57. The van der Waals surface area contributed by atoms with Gasteiger partial charge in [-0.3, -0.25) is 4.79 Å². The maximum Gasteiger partial charge on any atom is 0.273 e. The molecule has 28 heavy (non-hydrogen) atoms. The molecule has 0 unspecified atom stereocenters. The molecule has 4 rings (SSSR count). The first-order valence-corrected chi connectivity index (χ1v) is 9.57. The van der Waals surface area contributed by atoms with Crippen molar-refractivity contribution in [3.8, 4) is 17.2 Å². The number of nitrogens with one attached hydrogen (secondary N) is 1. The second-order valence-electron chi connectivity index (χ2n) is 7.38. The van der Waals surface area contributed by atoms with Crippen LogP contribution in [0, 0.1) is 5.92 Å². The van der Waals surface area contributed by atoms with E-state index in [0.29, 0.717) is 41.6 Å². The molecule has 1 amide bonds. The molecule has 1 aromatic carbocycles.